The van der Waals surface area contributed by atoms with Crippen LogP contribution in [0.2, 0.25) is 0 Å². The fourth-order valence-electron chi connectivity index (χ4n) is 2.06. The molecule has 0 spiro atoms. The van der Waals surface area contributed by atoms with Crippen molar-refractivity contribution >= 4 is 5.91 Å². The van der Waals surface area contributed by atoms with Crippen molar-refractivity contribution < 1.29 is 9.21 Å². The van der Waals surface area contributed by atoms with Crippen molar-refractivity contribution in [2.45, 2.75) is 13.5 Å². The normalized spacial score (nSPS) is 10.6. The van der Waals surface area contributed by atoms with Gasteiger partial charge in [-0.15, -0.1) is 5.10 Å². The van der Waals surface area contributed by atoms with Crippen LogP contribution in [0.1, 0.15) is 21.9 Å². The standard InChI is InChI=1S/C16H16N4O2/c1-12-5-7-13(8-6-12)20-11-17-15(18-20)16(21)19(2)10-14-4-3-9-22-14/h3-9,11H,10H2,1-2H3. The minimum Gasteiger partial charge on any atom is -0.467 e. The van der Waals surface area contributed by atoms with Gasteiger partial charge in [-0.05, 0) is 31.2 Å². The van der Waals surface area contributed by atoms with E-state index >= 15 is 0 Å². The highest BCUT2D eigenvalue weighted by atomic mass is 16.3. The molecular weight excluding hydrogens is 280 g/mol. The van der Waals surface area contributed by atoms with E-state index < -0.39 is 0 Å². The lowest BCUT2D eigenvalue weighted by atomic mass is 10.2. The lowest BCUT2D eigenvalue weighted by Crippen LogP contribution is -2.27. The molecular formula is C16H16N4O2. The summed E-state index contributed by atoms with van der Waals surface area (Å²) in [4.78, 5) is 17.9. The molecule has 6 heteroatoms. The molecule has 3 aromatic rings. The van der Waals surface area contributed by atoms with Crippen LogP contribution in [0.15, 0.2) is 53.4 Å². The number of nitrogens with zero attached hydrogens (tertiary/aromatic N) is 4. The van der Waals surface area contributed by atoms with Crippen LogP contribution in [0, 0.1) is 6.92 Å². The Kier molecular flexibility index (Phi) is 3.74. The highest BCUT2D eigenvalue weighted by Gasteiger charge is 2.17. The summed E-state index contributed by atoms with van der Waals surface area (Å²) in [5.74, 6) is 0.630. The second-order valence-electron chi connectivity index (χ2n) is 5.09. The first kappa shape index (κ1) is 14.1. The van der Waals surface area contributed by atoms with E-state index in [4.69, 9.17) is 4.42 Å². The van der Waals surface area contributed by atoms with Gasteiger partial charge in [-0.2, -0.15) is 0 Å². The van der Waals surface area contributed by atoms with Gasteiger partial charge in [0, 0.05) is 7.05 Å². The average Bonchev–Trinajstić information content (AvgIpc) is 3.18. The molecule has 0 N–H and O–H groups in total. The van der Waals surface area contributed by atoms with E-state index in [1.54, 1.807) is 30.4 Å². The number of rotatable bonds is 4. The maximum Gasteiger partial charge on any atom is 0.293 e. The third-order valence-electron chi connectivity index (χ3n) is 3.30. The largest absolute Gasteiger partial charge is 0.467 e. The summed E-state index contributed by atoms with van der Waals surface area (Å²) in [6.07, 6.45) is 3.12. The molecule has 2 aromatic heterocycles. The SMILES string of the molecule is Cc1ccc(-n2cnc(C(=O)N(C)Cc3ccco3)n2)cc1. The van der Waals surface area contributed by atoms with Gasteiger partial charge in [-0.1, -0.05) is 17.7 Å². The molecule has 0 aliphatic rings. The zero-order valence-corrected chi connectivity index (χ0v) is 12.4. The van der Waals surface area contributed by atoms with Crippen molar-refractivity contribution in [3.63, 3.8) is 0 Å². The molecule has 6 nitrogen and oxygen atoms in total. The Balaban J connectivity index is 1.75. The van der Waals surface area contributed by atoms with Gasteiger partial charge in [0.15, 0.2) is 0 Å². The molecule has 0 atom stereocenters. The molecule has 0 unspecified atom stereocenters. The second-order valence-corrected chi connectivity index (χ2v) is 5.09. The molecule has 0 aliphatic carbocycles. The van der Waals surface area contributed by atoms with Gasteiger partial charge in [-0.3, -0.25) is 4.79 Å². The van der Waals surface area contributed by atoms with Crippen LogP contribution in [0.4, 0.5) is 0 Å². The molecule has 112 valence electrons. The molecule has 0 saturated heterocycles. The summed E-state index contributed by atoms with van der Waals surface area (Å²) in [6, 6.07) is 11.5. The van der Waals surface area contributed by atoms with Crippen molar-refractivity contribution in [3.8, 4) is 5.69 Å². The highest BCUT2D eigenvalue weighted by Crippen LogP contribution is 2.10. The van der Waals surface area contributed by atoms with Gasteiger partial charge in [0.1, 0.15) is 12.1 Å². The number of aryl methyl sites for hydroxylation is 1. The molecule has 22 heavy (non-hydrogen) atoms. The minimum atomic E-state index is -0.248. The number of carbonyl (C=O) groups is 1. The summed E-state index contributed by atoms with van der Waals surface area (Å²) < 4.78 is 6.83. The van der Waals surface area contributed by atoms with Crippen molar-refractivity contribution in [2.75, 3.05) is 7.05 Å². The zero-order chi connectivity index (χ0) is 15.5. The van der Waals surface area contributed by atoms with Crippen LogP contribution >= 0.6 is 0 Å². The van der Waals surface area contributed by atoms with Crippen molar-refractivity contribution in [1.29, 1.82) is 0 Å². The van der Waals surface area contributed by atoms with Gasteiger partial charge in [-0.25, -0.2) is 9.67 Å². The quantitative estimate of drug-likeness (QED) is 0.742. The Morgan fingerprint density at radius 3 is 2.73 bits per heavy atom. The van der Waals surface area contributed by atoms with Crippen molar-refractivity contribution in [1.82, 2.24) is 19.7 Å². The maximum absolute atomic E-state index is 12.3. The van der Waals surface area contributed by atoms with Crippen molar-refractivity contribution in [2.24, 2.45) is 0 Å². The Bertz CT molecular complexity index is 760. The summed E-state index contributed by atoms with van der Waals surface area (Å²) in [5.41, 5.74) is 2.03. The Hall–Kier alpha value is -2.89. The first-order valence-corrected chi connectivity index (χ1v) is 6.90. The van der Waals surface area contributed by atoms with Gasteiger partial charge in [0.2, 0.25) is 5.82 Å². The number of hydrogen-bond acceptors (Lipinski definition) is 4. The minimum absolute atomic E-state index is 0.162. The van der Waals surface area contributed by atoms with Crippen molar-refractivity contribution in [3.05, 3.63) is 66.1 Å². The lowest BCUT2D eigenvalue weighted by Gasteiger charge is -2.13. The van der Waals surface area contributed by atoms with Gasteiger partial charge < -0.3 is 9.32 Å². The van der Waals surface area contributed by atoms with Crippen LogP contribution in [0.25, 0.3) is 5.69 Å². The maximum atomic E-state index is 12.3. The number of furan rings is 1. The van der Waals surface area contributed by atoms with Gasteiger partial charge in [0.25, 0.3) is 5.91 Å². The molecule has 0 saturated carbocycles. The Morgan fingerprint density at radius 1 is 1.27 bits per heavy atom. The first-order valence-electron chi connectivity index (χ1n) is 6.90. The lowest BCUT2D eigenvalue weighted by molar-refractivity contribution is 0.0763. The summed E-state index contributed by atoms with van der Waals surface area (Å²) >= 11 is 0. The number of aromatic nitrogens is 3. The van der Waals surface area contributed by atoms with E-state index in [2.05, 4.69) is 10.1 Å². The van der Waals surface area contributed by atoms with E-state index in [0.717, 1.165) is 5.69 Å². The van der Waals surface area contributed by atoms with Crippen LogP contribution in [0.5, 0.6) is 0 Å². The molecule has 3 rings (SSSR count). The van der Waals surface area contributed by atoms with E-state index in [1.165, 1.54) is 10.5 Å². The Morgan fingerprint density at radius 2 is 2.05 bits per heavy atom. The molecule has 0 fully saturated rings. The molecule has 1 aromatic carbocycles. The Labute approximate surface area is 128 Å². The molecule has 0 aliphatic heterocycles. The number of benzene rings is 1. The molecule has 2 heterocycles. The predicted octanol–water partition coefficient (Wildman–Crippen LogP) is 2.44. The molecule has 0 radical (unpaired) electrons. The van der Waals surface area contributed by atoms with Gasteiger partial charge >= 0.3 is 0 Å². The third kappa shape index (κ3) is 2.90. The van der Waals surface area contributed by atoms with E-state index in [1.807, 2.05) is 37.3 Å². The topological polar surface area (TPSA) is 64.2 Å². The van der Waals surface area contributed by atoms with Crippen LogP contribution in [-0.2, 0) is 6.54 Å². The smallest absolute Gasteiger partial charge is 0.293 e. The van der Waals surface area contributed by atoms with Crippen LogP contribution in [0.3, 0.4) is 0 Å². The number of hydrogen-bond donors (Lipinski definition) is 0. The van der Waals surface area contributed by atoms with E-state index in [0.29, 0.717) is 12.3 Å². The van der Waals surface area contributed by atoms with Crippen LogP contribution < -0.4 is 0 Å². The fourth-order valence-corrected chi connectivity index (χ4v) is 2.06. The van der Waals surface area contributed by atoms with E-state index in [-0.39, 0.29) is 11.7 Å². The fraction of sp³-hybridized carbons (Fsp3) is 0.188. The predicted molar refractivity (Wildman–Crippen MR) is 80.6 cm³/mol. The third-order valence-corrected chi connectivity index (χ3v) is 3.30. The highest BCUT2D eigenvalue weighted by molar-refractivity contribution is 5.90. The van der Waals surface area contributed by atoms with Crippen LogP contribution in [-0.4, -0.2) is 32.6 Å². The van der Waals surface area contributed by atoms with E-state index in [9.17, 15) is 4.79 Å². The van der Waals surface area contributed by atoms with Gasteiger partial charge in [0.05, 0.1) is 18.5 Å². The first-order chi connectivity index (χ1) is 10.6. The second kappa shape index (κ2) is 5.85. The monoisotopic (exact) mass is 296 g/mol. The molecule has 1 amide bonds. The summed E-state index contributed by atoms with van der Waals surface area (Å²) in [6.45, 7) is 2.40. The number of carbonyl (C=O) groups excluding carboxylic acids is 1. The number of amides is 1. The molecule has 0 bridgehead atoms. The summed E-state index contributed by atoms with van der Waals surface area (Å²) in [7, 11) is 1.69. The average molecular weight is 296 g/mol. The zero-order valence-electron chi connectivity index (χ0n) is 12.4. The summed E-state index contributed by atoms with van der Waals surface area (Å²) in [5, 5.41) is 4.24.